The summed E-state index contributed by atoms with van der Waals surface area (Å²) in [5.74, 6) is 0. The number of carbonyl (C=O) groups excluding carboxylic acids is 2. The molecule has 0 spiro atoms. The molecule has 0 fully saturated rings. The zero-order chi connectivity index (χ0) is 14.4. The fourth-order valence-corrected chi connectivity index (χ4v) is 0.835. The predicted octanol–water partition coefficient (Wildman–Crippen LogP) is 2.51. The van der Waals surface area contributed by atoms with Crippen molar-refractivity contribution in [3.8, 4) is 0 Å². The Labute approximate surface area is 108 Å². The Morgan fingerprint density at radius 2 is 1.06 bits per heavy atom. The molecule has 6 nitrogen and oxygen atoms in total. The van der Waals surface area contributed by atoms with E-state index in [1.165, 1.54) is 12.4 Å². The van der Waals surface area contributed by atoms with E-state index in [4.69, 9.17) is 9.47 Å². The molecule has 2 amide bonds. The highest BCUT2D eigenvalue weighted by atomic mass is 16.6. The van der Waals surface area contributed by atoms with Gasteiger partial charge in [0.15, 0.2) is 0 Å². The third-order valence-electron chi connectivity index (χ3n) is 1.28. The van der Waals surface area contributed by atoms with Crippen LogP contribution in [-0.4, -0.2) is 23.4 Å². The summed E-state index contributed by atoms with van der Waals surface area (Å²) in [6.45, 7) is 10.6. The molecule has 0 saturated heterocycles. The van der Waals surface area contributed by atoms with Crippen molar-refractivity contribution in [2.75, 3.05) is 0 Å². The van der Waals surface area contributed by atoms with Crippen LogP contribution in [0.5, 0.6) is 0 Å². The molecule has 0 aromatic heterocycles. The summed E-state index contributed by atoms with van der Waals surface area (Å²) in [7, 11) is 0. The van der Waals surface area contributed by atoms with Gasteiger partial charge in [0.05, 0.1) is 0 Å². The van der Waals surface area contributed by atoms with E-state index < -0.39 is 23.4 Å². The maximum atomic E-state index is 11.2. The highest BCUT2D eigenvalue weighted by Gasteiger charge is 2.16. The molecule has 2 N–H and O–H groups in total. The lowest BCUT2D eigenvalue weighted by Gasteiger charge is -2.19. The largest absolute Gasteiger partial charge is 0.444 e. The second-order valence-corrected chi connectivity index (χ2v) is 5.63. The third-order valence-corrected chi connectivity index (χ3v) is 1.28. The molecule has 0 unspecified atom stereocenters. The maximum absolute atomic E-state index is 11.2. The fraction of sp³-hybridized carbons (Fsp3) is 0.667. The highest BCUT2D eigenvalue weighted by Crippen LogP contribution is 2.07. The molecule has 6 heteroatoms. The van der Waals surface area contributed by atoms with Gasteiger partial charge < -0.3 is 9.47 Å². The van der Waals surface area contributed by atoms with Crippen molar-refractivity contribution < 1.29 is 19.1 Å². The maximum Gasteiger partial charge on any atom is 0.411 e. The van der Waals surface area contributed by atoms with E-state index in [0.717, 1.165) is 0 Å². The number of amides is 2. The van der Waals surface area contributed by atoms with Crippen LogP contribution in [0.1, 0.15) is 41.5 Å². The van der Waals surface area contributed by atoms with Gasteiger partial charge in [-0.05, 0) is 41.5 Å². The molecular formula is C12H22N2O4. The lowest BCUT2D eigenvalue weighted by Crippen LogP contribution is -2.31. The number of hydrogen-bond donors (Lipinski definition) is 2. The Kier molecular flexibility index (Phi) is 5.68. The summed E-state index contributed by atoms with van der Waals surface area (Å²) in [6, 6.07) is 0. The molecule has 0 aliphatic rings. The van der Waals surface area contributed by atoms with Gasteiger partial charge in [-0.3, -0.25) is 10.6 Å². The Hall–Kier alpha value is -1.72. The fourth-order valence-electron chi connectivity index (χ4n) is 0.835. The minimum absolute atomic E-state index is 0.559. The van der Waals surface area contributed by atoms with Crippen molar-refractivity contribution >= 4 is 12.2 Å². The van der Waals surface area contributed by atoms with Crippen LogP contribution in [0.3, 0.4) is 0 Å². The third kappa shape index (κ3) is 10.8. The van der Waals surface area contributed by atoms with Gasteiger partial charge in [0.25, 0.3) is 0 Å². The van der Waals surface area contributed by atoms with E-state index in [0.29, 0.717) is 0 Å². The van der Waals surface area contributed by atoms with E-state index in [1.54, 1.807) is 41.5 Å². The van der Waals surface area contributed by atoms with Crippen molar-refractivity contribution in [1.29, 1.82) is 0 Å². The van der Waals surface area contributed by atoms with E-state index in [2.05, 4.69) is 10.6 Å². The zero-order valence-corrected chi connectivity index (χ0v) is 11.8. The summed E-state index contributed by atoms with van der Waals surface area (Å²) in [6.07, 6.45) is 1.34. The van der Waals surface area contributed by atoms with Crippen LogP contribution < -0.4 is 10.6 Å². The van der Waals surface area contributed by atoms with Crippen molar-refractivity contribution in [3.05, 3.63) is 12.4 Å². The van der Waals surface area contributed by atoms with E-state index in [1.807, 2.05) is 0 Å². The standard InChI is InChI=1S/C12H22N2O4/c1-11(2,3)17-9(15)13-7-8-14-10(16)18-12(4,5)6/h7-8H,1-6H3,(H,13,15)(H,14,16). The van der Waals surface area contributed by atoms with Gasteiger partial charge in [0.1, 0.15) is 11.2 Å². The summed E-state index contributed by atoms with van der Waals surface area (Å²) in [5, 5.41) is 4.69. The van der Waals surface area contributed by atoms with Crippen LogP contribution in [0.15, 0.2) is 12.4 Å². The lowest BCUT2D eigenvalue weighted by atomic mass is 10.2. The second kappa shape index (κ2) is 6.28. The van der Waals surface area contributed by atoms with Crippen LogP contribution >= 0.6 is 0 Å². The predicted molar refractivity (Wildman–Crippen MR) is 67.9 cm³/mol. The van der Waals surface area contributed by atoms with E-state index in [9.17, 15) is 9.59 Å². The van der Waals surface area contributed by atoms with Crippen molar-refractivity contribution in [1.82, 2.24) is 10.6 Å². The molecule has 0 bridgehead atoms. The molecule has 0 aromatic rings. The molecule has 18 heavy (non-hydrogen) atoms. The van der Waals surface area contributed by atoms with Crippen LogP contribution in [0.2, 0.25) is 0 Å². The van der Waals surface area contributed by atoms with Gasteiger partial charge >= 0.3 is 12.2 Å². The SMILES string of the molecule is CC(C)(C)OC(=O)NC=CNC(=O)OC(C)(C)C. The van der Waals surface area contributed by atoms with Crippen molar-refractivity contribution in [2.24, 2.45) is 0 Å². The van der Waals surface area contributed by atoms with Crippen LogP contribution in [0.4, 0.5) is 9.59 Å². The first-order valence-electron chi connectivity index (χ1n) is 5.64. The average molecular weight is 258 g/mol. The number of carbonyl (C=O) groups is 2. The zero-order valence-electron chi connectivity index (χ0n) is 11.8. The Balaban J connectivity index is 3.92. The van der Waals surface area contributed by atoms with Crippen LogP contribution in [0.25, 0.3) is 0 Å². The first-order chi connectivity index (χ1) is 7.99. The smallest absolute Gasteiger partial charge is 0.411 e. The average Bonchev–Trinajstić information content (AvgIpc) is 2.06. The lowest BCUT2D eigenvalue weighted by molar-refractivity contribution is 0.0531. The summed E-state index contributed by atoms with van der Waals surface area (Å²) < 4.78 is 9.96. The monoisotopic (exact) mass is 258 g/mol. The van der Waals surface area contributed by atoms with Crippen LogP contribution in [0, 0.1) is 0 Å². The Bertz CT molecular complexity index is 292. The molecule has 0 atom stereocenters. The van der Waals surface area contributed by atoms with Gasteiger partial charge in [-0.25, -0.2) is 9.59 Å². The van der Waals surface area contributed by atoms with Gasteiger partial charge in [-0.1, -0.05) is 0 Å². The summed E-state index contributed by atoms with van der Waals surface area (Å²) in [5.41, 5.74) is -1.12. The number of ether oxygens (including phenoxy) is 2. The van der Waals surface area contributed by atoms with E-state index in [-0.39, 0.29) is 0 Å². The van der Waals surface area contributed by atoms with Crippen LogP contribution in [-0.2, 0) is 9.47 Å². The molecule has 0 rings (SSSR count). The molecule has 0 aliphatic heterocycles. The summed E-state index contributed by atoms with van der Waals surface area (Å²) in [4.78, 5) is 22.4. The molecule has 0 aromatic carbocycles. The quantitative estimate of drug-likeness (QED) is 0.797. The first-order valence-corrected chi connectivity index (χ1v) is 5.64. The highest BCUT2D eigenvalue weighted by molar-refractivity contribution is 5.70. The number of nitrogens with one attached hydrogen (secondary N) is 2. The number of alkyl carbamates (subject to hydrolysis) is 2. The Morgan fingerprint density at radius 3 is 1.28 bits per heavy atom. The topological polar surface area (TPSA) is 76.7 Å². The minimum atomic E-state index is -0.593. The molecule has 104 valence electrons. The summed E-state index contributed by atoms with van der Waals surface area (Å²) >= 11 is 0. The van der Waals surface area contributed by atoms with Crippen molar-refractivity contribution in [3.63, 3.8) is 0 Å². The van der Waals surface area contributed by atoms with Gasteiger partial charge in [-0.2, -0.15) is 0 Å². The van der Waals surface area contributed by atoms with Crippen molar-refractivity contribution in [2.45, 2.75) is 52.7 Å². The second-order valence-electron chi connectivity index (χ2n) is 5.63. The molecular weight excluding hydrogens is 236 g/mol. The first kappa shape index (κ1) is 16.3. The normalized spacial score (nSPS) is 12.1. The number of rotatable bonds is 2. The molecule has 0 heterocycles. The minimum Gasteiger partial charge on any atom is -0.444 e. The Morgan fingerprint density at radius 1 is 0.778 bits per heavy atom. The van der Waals surface area contributed by atoms with Gasteiger partial charge in [-0.15, -0.1) is 0 Å². The number of hydrogen-bond acceptors (Lipinski definition) is 4. The molecule has 0 saturated carbocycles. The molecule has 0 aliphatic carbocycles. The van der Waals surface area contributed by atoms with Gasteiger partial charge in [0, 0.05) is 12.4 Å². The van der Waals surface area contributed by atoms with E-state index >= 15 is 0 Å². The molecule has 0 radical (unpaired) electrons. The van der Waals surface area contributed by atoms with Gasteiger partial charge in [0.2, 0.25) is 0 Å².